The van der Waals surface area contributed by atoms with Gasteiger partial charge in [0, 0.05) is 29.9 Å². The van der Waals surface area contributed by atoms with Crippen LogP contribution >= 0.6 is 11.3 Å². The third-order valence-electron chi connectivity index (χ3n) is 2.75. The van der Waals surface area contributed by atoms with Crippen LogP contribution in [0.5, 0.6) is 0 Å². The fraction of sp³-hybridized carbons (Fsp3) is 0.385. The lowest BCUT2D eigenvalue weighted by Gasteiger charge is -2.13. The molecule has 0 saturated heterocycles. The first-order chi connectivity index (χ1) is 8.16. The number of thiazole rings is 1. The average Bonchev–Trinajstić information content (AvgIpc) is 2.66. The first kappa shape index (κ1) is 12.2. The SMILES string of the molecule is Cc1nc(C)c(CNC(C)c2cccnc2)s1. The molecule has 3 nitrogen and oxygen atoms in total. The van der Waals surface area contributed by atoms with E-state index in [0.717, 1.165) is 17.2 Å². The van der Waals surface area contributed by atoms with Crippen LogP contribution in [0.1, 0.15) is 34.1 Å². The van der Waals surface area contributed by atoms with E-state index in [0.29, 0.717) is 6.04 Å². The quantitative estimate of drug-likeness (QED) is 0.902. The van der Waals surface area contributed by atoms with Gasteiger partial charge in [-0.15, -0.1) is 11.3 Å². The minimum atomic E-state index is 0.311. The second kappa shape index (κ2) is 5.38. The predicted molar refractivity (Wildman–Crippen MR) is 71.1 cm³/mol. The van der Waals surface area contributed by atoms with Crippen molar-refractivity contribution in [3.8, 4) is 0 Å². The molecule has 90 valence electrons. The zero-order valence-electron chi connectivity index (χ0n) is 10.4. The van der Waals surface area contributed by atoms with Crippen molar-refractivity contribution >= 4 is 11.3 Å². The Morgan fingerprint density at radius 1 is 1.41 bits per heavy atom. The molecule has 1 atom stereocenters. The van der Waals surface area contributed by atoms with Crippen molar-refractivity contribution in [3.63, 3.8) is 0 Å². The molecule has 2 aromatic rings. The van der Waals surface area contributed by atoms with Crippen LogP contribution in [0.3, 0.4) is 0 Å². The summed E-state index contributed by atoms with van der Waals surface area (Å²) < 4.78 is 0. The third-order valence-corrected chi connectivity index (χ3v) is 3.83. The Morgan fingerprint density at radius 3 is 2.82 bits per heavy atom. The van der Waals surface area contributed by atoms with E-state index in [9.17, 15) is 0 Å². The Balaban J connectivity index is 1.97. The lowest BCUT2D eigenvalue weighted by Crippen LogP contribution is -2.18. The van der Waals surface area contributed by atoms with Gasteiger partial charge in [0.05, 0.1) is 10.7 Å². The minimum absolute atomic E-state index is 0.311. The molecule has 0 aliphatic carbocycles. The van der Waals surface area contributed by atoms with E-state index in [1.807, 2.05) is 19.2 Å². The second-order valence-corrected chi connectivity index (χ2v) is 5.42. The molecular weight excluding hydrogens is 230 g/mol. The lowest BCUT2D eigenvalue weighted by molar-refractivity contribution is 0.575. The van der Waals surface area contributed by atoms with Gasteiger partial charge in [-0.25, -0.2) is 4.98 Å². The molecule has 0 aliphatic heterocycles. The standard InChI is InChI=1S/C13H17N3S/c1-9(12-5-4-6-14-7-12)15-8-13-10(2)16-11(3)17-13/h4-7,9,15H,8H2,1-3H3. The summed E-state index contributed by atoms with van der Waals surface area (Å²) in [5.41, 5.74) is 2.35. The highest BCUT2D eigenvalue weighted by Gasteiger charge is 2.08. The summed E-state index contributed by atoms with van der Waals surface area (Å²) in [7, 11) is 0. The molecule has 0 fully saturated rings. The molecule has 2 aromatic heterocycles. The van der Waals surface area contributed by atoms with Gasteiger partial charge in [0.15, 0.2) is 0 Å². The Morgan fingerprint density at radius 2 is 2.24 bits per heavy atom. The van der Waals surface area contributed by atoms with Crippen molar-refractivity contribution in [2.24, 2.45) is 0 Å². The van der Waals surface area contributed by atoms with Gasteiger partial charge in [-0.3, -0.25) is 4.98 Å². The monoisotopic (exact) mass is 247 g/mol. The largest absolute Gasteiger partial charge is 0.305 e. The summed E-state index contributed by atoms with van der Waals surface area (Å²) in [6, 6.07) is 4.37. The highest BCUT2D eigenvalue weighted by molar-refractivity contribution is 7.11. The number of hydrogen-bond acceptors (Lipinski definition) is 4. The fourth-order valence-corrected chi connectivity index (χ4v) is 2.62. The maximum Gasteiger partial charge on any atom is 0.0900 e. The molecule has 0 aromatic carbocycles. The van der Waals surface area contributed by atoms with Gasteiger partial charge >= 0.3 is 0 Å². The second-order valence-electron chi connectivity index (χ2n) is 4.13. The highest BCUT2D eigenvalue weighted by Crippen LogP contribution is 2.18. The van der Waals surface area contributed by atoms with Crippen LogP contribution in [-0.4, -0.2) is 9.97 Å². The van der Waals surface area contributed by atoms with Crippen molar-refractivity contribution in [1.82, 2.24) is 15.3 Å². The van der Waals surface area contributed by atoms with Crippen LogP contribution in [0.2, 0.25) is 0 Å². The molecule has 1 N–H and O–H groups in total. The van der Waals surface area contributed by atoms with E-state index in [4.69, 9.17) is 0 Å². The van der Waals surface area contributed by atoms with Crippen LogP contribution < -0.4 is 5.32 Å². The van der Waals surface area contributed by atoms with Crippen LogP contribution in [0.4, 0.5) is 0 Å². The molecule has 17 heavy (non-hydrogen) atoms. The topological polar surface area (TPSA) is 37.8 Å². The smallest absolute Gasteiger partial charge is 0.0900 e. The summed E-state index contributed by atoms with van der Waals surface area (Å²) in [4.78, 5) is 9.88. The number of nitrogens with zero attached hydrogens (tertiary/aromatic N) is 2. The van der Waals surface area contributed by atoms with E-state index < -0.39 is 0 Å². The van der Waals surface area contributed by atoms with Crippen LogP contribution in [0, 0.1) is 13.8 Å². The number of hydrogen-bond donors (Lipinski definition) is 1. The van der Waals surface area contributed by atoms with E-state index in [-0.39, 0.29) is 0 Å². The van der Waals surface area contributed by atoms with Gasteiger partial charge in [-0.2, -0.15) is 0 Å². The molecule has 0 spiro atoms. The van der Waals surface area contributed by atoms with Crippen molar-refractivity contribution in [1.29, 1.82) is 0 Å². The first-order valence-corrected chi connectivity index (χ1v) is 6.54. The van der Waals surface area contributed by atoms with Crippen molar-refractivity contribution in [3.05, 3.63) is 45.7 Å². The number of aromatic nitrogens is 2. The Hall–Kier alpha value is -1.26. The van der Waals surface area contributed by atoms with E-state index in [1.165, 1.54) is 10.4 Å². The molecule has 0 amide bonds. The number of nitrogens with one attached hydrogen (secondary N) is 1. The molecule has 2 heterocycles. The van der Waals surface area contributed by atoms with Crippen LogP contribution in [0.15, 0.2) is 24.5 Å². The Bertz CT molecular complexity index is 479. The molecule has 0 aliphatic rings. The van der Waals surface area contributed by atoms with Gasteiger partial charge in [-0.1, -0.05) is 6.07 Å². The number of aryl methyl sites for hydroxylation is 2. The highest BCUT2D eigenvalue weighted by atomic mass is 32.1. The third kappa shape index (κ3) is 3.11. The van der Waals surface area contributed by atoms with Gasteiger partial charge in [0.25, 0.3) is 0 Å². The van der Waals surface area contributed by atoms with Gasteiger partial charge in [-0.05, 0) is 32.4 Å². The summed E-state index contributed by atoms with van der Waals surface area (Å²) in [5.74, 6) is 0. The fourth-order valence-electron chi connectivity index (χ4n) is 1.73. The normalized spacial score (nSPS) is 12.6. The van der Waals surface area contributed by atoms with Gasteiger partial charge in [0.2, 0.25) is 0 Å². The molecule has 0 bridgehead atoms. The lowest BCUT2D eigenvalue weighted by atomic mass is 10.1. The molecular formula is C13H17N3S. The Kier molecular flexibility index (Phi) is 3.86. The van der Waals surface area contributed by atoms with Crippen LogP contribution in [0.25, 0.3) is 0 Å². The molecule has 2 rings (SSSR count). The predicted octanol–water partition coefficient (Wildman–Crippen LogP) is 3.01. The van der Waals surface area contributed by atoms with E-state index in [2.05, 4.69) is 35.2 Å². The van der Waals surface area contributed by atoms with Crippen molar-refractivity contribution in [2.75, 3.05) is 0 Å². The zero-order valence-corrected chi connectivity index (χ0v) is 11.2. The molecule has 1 unspecified atom stereocenters. The number of pyridine rings is 1. The Labute approximate surface area is 106 Å². The van der Waals surface area contributed by atoms with Gasteiger partial charge in [0.1, 0.15) is 0 Å². The van der Waals surface area contributed by atoms with E-state index >= 15 is 0 Å². The zero-order chi connectivity index (χ0) is 12.3. The summed E-state index contributed by atoms with van der Waals surface area (Å²) in [6.07, 6.45) is 3.70. The summed E-state index contributed by atoms with van der Waals surface area (Å²) in [6.45, 7) is 7.13. The average molecular weight is 247 g/mol. The molecule has 0 radical (unpaired) electrons. The molecule has 4 heteroatoms. The first-order valence-electron chi connectivity index (χ1n) is 5.73. The maximum absolute atomic E-state index is 4.43. The summed E-state index contributed by atoms with van der Waals surface area (Å²) in [5, 5.41) is 4.63. The minimum Gasteiger partial charge on any atom is -0.305 e. The van der Waals surface area contributed by atoms with Crippen LogP contribution in [-0.2, 0) is 6.54 Å². The summed E-state index contributed by atoms with van der Waals surface area (Å²) >= 11 is 1.76. The van der Waals surface area contributed by atoms with E-state index in [1.54, 1.807) is 17.5 Å². The maximum atomic E-state index is 4.43. The number of rotatable bonds is 4. The van der Waals surface area contributed by atoms with Crippen molar-refractivity contribution < 1.29 is 0 Å². The van der Waals surface area contributed by atoms with Gasteiger partial charge < -0.3 is 5.32 Å². The van der Waals surface area contributed by atoms with Crippen molar-refractivity contribution in [2.45, 2.75) is 33.4 Å². The molecule has 0 saturated carbocycles.